The highest BCUT2D eigenvalue weighted by molar-refractivity contribution is 6.32. The summed E-state index contributed by atoms with van der Waals surface area (Å²) in [5, 5.41) is 3.21. The summed E-state index contributed by atoms with van der Waals surface area (Å²) in [6, 6.07) is 8.76. The van der Waals surface area contributed by atoms with Crippen molar-refractivity contribution in [3.8, 4) is 23.0 Å². The van der Waals surface area contributed by atoms with Crippen LogP contribution in [0, 0.1) is 0 Å². The summed E-state index contributed by atoms with van der Waals surface area (Å²) in [7, 11) is 1.56. The van der Waals surface area contributed by atoms with Gasteiger partial charge in [-0.15, -0.1) is 0 Å². The molecule has 0 bridgehead atoms. The first-order valence-electron chi connectivity index (χ1n) is 8.50. The molecule has 0 fully saturated rings. The number of para-hydroxylation sites is 1. The average Bonchev–Trinajstić information content (AvgIpc) is 2.68. The number of rotatable bonds is 6. The van der Waals surface area contributed by atoms with E-state index in [4.69, 9.17) is 30.5 Å². The number of amides is 1. The third kappa shape index (κ3) is 4.46. The molecule has 0 spiro atoms. The third-order valence-corrected chi connectivity index (χ3v) is 4.09. The van der Waals surface area contributed by atoms with Crippen LogP contribution in [0.2, 0.25) is 5.02 Å². The molecule has 2 aromatic rings. The molecular formula is C20H20ClNO5. The van der Waals surface area contributed by atoms with E-state index in [-0.39, 0.29) is 5.91 Å². The summed E-state index contributed by atoms with van der Waals surface area (Å²) in [6.45, 7) is 3.24. The van der Waals surface area contributed by atoms with Crippen LogP contribution in [-0.4, -0.2) is 32.8 Å². The van der Waals surface area contributed by atoms with Crippen LogP contribution in [0.3, 0.4) is 0 Å². The average molecular weight is 390 g/mol. The fourth-order valence-corrected chi connectivity index (χ4v) is 2.86. The van der Waals surface area contributed by atoms with Crippen LogP contribution in [0.4, 0.5) is 5.69 Å². The second-order valence-electron chi connectivity index (χ2n) is 5.62. The lowest BCUT2D eigenvalue weighted by Crippen LogP contribution is -2.16. The number of halogens is 1. The lowest BCUT2D eigenvalue weighted by atomic mass is 10.1. The maximum atomic E-state index is 12.3. The summed E-state index contributed by atoms with van der Waals surface area (Å²) in [4.78, 5) is 12.3. The number of hydrogen-bond acceptors (Lipinski definition) is 5. The van der Waals surface area contributed by atoms with Gasteiger partial charge in [-0.3, -0.25) is 4.79 Å². The molecule has 7 heteroatoms. The second kappa shape index (κ2) is 8.68. The lowest BCUT2D eigenvalue weighted by molar-refractivity contribution is -0.111. The molecule has 2 aromatic carbocycles. The SMILES string of the molecule is CCOc1c(Cl)cccc1NC(=O)/C=C/c1cc(OC)c2c(c1)OCCO2. The first-order chi connectivity index (χ1) is 13.1. The van der Waals surface area contributed by atoms with Crippen molar-refractivity contribution < 1.29 is 23.7 Å². The van der Waals surface area contributed by atoms with Gasteiger partial charge in [0.1, 0.15) is 13.2 Å². The number of anilines is 1. The van der Waals surface area contributed by atoms with E-state index in [1.165, 1.54) is 6.08 Å². The van der Waals surface area contributed by atoms with Gasteiger partial charge in [-0.25, -0.2) is 0 Å². The van der Waals surface area contributed by atoms with Gasteiger partial charge in [-0.05, 0) is 42.8 Å². The standard InChI is InChI=1S/C20H20ClNO5/c1-3-25-19-14(21)5-4-6-15(19)22-18(23)8-7-13-11-16(24-2)20-17(12-13)26-9-10-27-20/h4-8,11-12H,3,9-10H2,1-2H3,(H,22,23)/b8-7+. The van der Waals surface area contributed by atoms with E-state index in [2.05, 4.69) is 5.32 Å². The molecule has 3 rings (SSSR count). The number of methoxy groups -OCH3 is 1. The van der Waals surface area contributed by atoms with Crippen LogP contribution in [0.1, 0.15) is 12.5 Å². The van der Waals surface area contributed by atoms with Gasteiger partial charge in [-0.1, -0.05) is 17.7 Å². The maximum absolute atomic E-state index is 12.3. The Balaban J connectivity index is 1.77. The minimum absolute atomic E-state index is 0.313. The van der Waals surface area contributed by atoms with Crippen LogP contribution < -0.4 is 24.3 Å². The van der Waals surface area contributed by atoms with Gasteiger partial charge in [0.15, 0.2) is 17.2 Å². The van der Waals surface area contributed by atoms with Gasteiger partial charge in [0, 0.05) is 6.08 Å². The molecule has 0 radical (unpaired) electrons. The predicted octanol–water partition coefficient (Wildman–Crippen LogP) is 4.17. The molecule has 1 amide bonds. The molecule has 1 aliphatic rings. The molecule has 1 N–H and O–H groups in total. The van der Waals surface area contributed by atoms with Crippen LogP contribution >= 0.6 is 11.6 Å². The van der Waals surface area contributed by atoms with Crippen molar-refractivity contribution in [2.75, 3.05) is 32.2 Å². The van der Waals surface area contributed by atoms with Gasteiger partial charge >= 0.3 is 0 Å². The van der Waals surface area contributed by atoms with Gasteiger partial charge in [0.05, 0.1) is 24.4 Å². The molecule has 0 atom stereocenters. The Bertz CT molecular complexity index is 848. The fraction of sp³-hybridized carbons (Fsp3) is 0.250. The highest BCUT2D eigenvalue weighted by Crippen LogP contribution is 2.40. The number of fused-ring (bicyclic) bond motifs is 1. The first kappa shape index (κ1) is 18.9. The van der Waals surface area contributed by atoms with Crippen LogP contribution in [0.25, 0.3) is 6.08 Å². The van der Waals surface area contributed by atoms with Crippen molar-refractivity contribution >= 4 is 29.3 Å². The van der Waals surface area contributed by atoms with Crippen molar-refractivity contribution in [3.63, 3.8) is 0 Å². The third-order valence-electron chi connectivity index (χ3n) is 3.79. The zero-order chi connectivity index (χ0) is 19.2. The monoisotopic (exact) mass is 389 g/mol. The lowest BCUT2D eigenvalue weighted by Gasteiger charge is -2.20. The number of ether oxygens (including phenoxy) is 4. The zero-order valence-corrected chi connectivity index (χ0v) is 15.8. The number of benzene rings is 2. The Morgan fingerprint density at radius 1 is 1.30 bits per heavy atom. The number of nitrogens with one attached hydrogen (secondary N) is 1. The smallest absolute Gasteiger partial charge is 0.248 e. The normalized spacial score (nSPS) is 12.7. The molecule has 0 aromatic heterocycles. The fourth-order valence-electron chi connectivity index (χ4n) is 2.63. The highest BCUT2D eigenvalue weighted by atomic mass is 35.5. The highest BCUT2D eigenvalue weighted by Gasteiger charge is 2.18. The molecule has 142 valence electrons. The molecule has 27 heavy (non-hydrogen) atoms. The molecule has 0 saturated heterocycles. The second-order valence-corrected chi connectivity index (χ2v) is 6.03. The van der Waals surface area contributed by atoms with Crippen molar-refractivity contribution in [1.29, 1.82) is 0 Å². The molecule has 0 saturated carbocycles. The molecule has 0 unspecified atom stereocenters. The van der Waals surface area contributed by atoms with E-state index in [0.29, 0.717) is 53.5 Å². The minimum Gasteiger partial charge on any atom is -0.493 e. The Morgan fingerprint density at radius 3 is 2.89 bits per heavy atom. The summed E-state index contributed by atoms with van der Waals surface area (Å²) in [5.41, 5.74) is 1.26. The molecule has 6 nitrogen and oxygen atoms in total. The Kier molecular flexibility index (Phi) is 6.08. The topological polar surface area (TPSA) is 66.0 Å². The number of carbonyl (C=O) groups is 1. The summed E-state index contributed by atoms with van der Waals surface area (Å²) < 4.78 is 22.0. The van der Waals surface area contributed by atoms with Gasteiger partial charge in [0.25, 0.3) is 0 Å². The number of carbonyl (C=O) groups excluding carboxylic acids is 1. The number of hydrogen-bond donors (Lipinski definition) is 1. The molecular weight excluding hydrogens is 370 g/mol. The first-order valence-corrected chi connectivity index (χ1v) is 8.88. The summed E-state index contributed by atoms with van der Waals surface area (Å²) >= 11 is 6.13. The van der Waals surface area contributed by atoms with E-state index >= 15 is 0 Å². The maximum Gasteiger partial charge on any atom is 0.248 e. The van der Waals surface area contributed by atoms with Crippen molar-refractivity contribution in [2.45, 2.75) is 6.92 Å². The van der Waals surface area contributed by atoms with Crippen LogP contribution in [0.15, 0.2) is 36.4 Å². The van der Waals surface area contributed by atoms with Crippen LogP contribution in [0.5, 0.6) is 23.0 Å². The van der Waals surface area contributed by atoms with E-state index in [0.717, 1.165) is 5.56 Å². The minimum atomic E-state index is -0.313. The summed E-state index contributed by atoms with van der Waals surface area (Å²) in [6.07, 6.45) is 3.09. The molecule has 0 aliphatic carbocycles. The summed E-state index contributed by atoms with van der Waals surface area (Å²) in [5.74, 6) is 1.86. The zero-order valence-electron chi connectivity index (χ0n) is 15.1. The van der Waals surface area contributed by atoms with E-state index in [1.54, 1.807) is 43.5 Å². The largest absolute Gasteiger partial charge is 0.493 e. The van der Waals surface area contributed by atoms with Crippen molar-refractivity contribution in [2.24, 2.45) is 0 Å². The van der Waals surface area contributed by atoms with Gasteiger partial charge in [0.2, 0.25) is 11.7 Å². The molecule has 1 aliphatic heterocycles. The quantitative estimate of drug-likeness (QED) is 0.751. The van der Waals surface area contributed by atoms with Gasteiger partial charge < -0.3 is 24.3 Å². The Hall–Kier alpha value is -2.86. The Morgan fingerprint density at radius 2 is 2.11 bits per heavy atom. The van der Waals surface area contributed by atoms with Gasteiger partial charge in [-0.2, -0.15) is 0 Å². The van der Waals surface area contributed by atoms with E-state index in [1.807, 2.05) is 6.92 Å². The van der Waals surface area contributed by atoms with E-state index < -0.39 is 0 Å². The predicted molar refractivity (Wildman–Crippen MR) is 104 cm³/mol. The molecule has 1 heterocycles. The van der Waals surface area contributed by atoms with Crippen molar-refractivity contribution in [3.05, 3.63) is 47.0 Å². The van der Waals surface area contributed by atoms with Crippen LogP contribution in [-0.2, 0) is 4.79 Å². The van der Waals surface area contributed by atoms with E-state index in [9.17, 15) is 4.79 Å². The van der Waals surface area contributed by atoms with Crippen molar-refractivity contribution in [1.82, 2.24) is 0 Å². The Labute approximate surface area is 162 Å².